The maximum absolute atomic E-state index is 12.4. The van der Waals surface area contributed by atoms with E-state index < -0.39 is 0 Å². The lowest BCUT2D eigenvalue weighted by Gasteiger charge is -2.10. The fourth-order valence-electron chi connectivity index (χ4n) is 2.46. The van der Waals surface area contributed by atoms with Gasteiger partial charge in [0.1, 0.15) is 0 Å². The van der Waals surface area contributed by atoms with Crippen molar-refractivity contribution in [2.45, 2.75) is 19.4 Å². The van der Waals surface area contributed by atoms with Crippen molar-refractivity contribution in [1.82, 2.24) is 0 Å². The normalized spacial score (nSPS) is 17.1. The molecule has 1 aliphatic heterocycles. The van der Waals surface area contributed by atoms with Crippen LogP contribution >= 0.6 is 0 Å². The van der Waals surface area contributed by atoms with Crippen LogP contribution in [0.1, 0.15) is 21.5 Å². The second-order valence-corrected chi connectivity index (χ2v) is 4.79. The van der Waals surface area contributed by atoms with Crippen LogP contribution in [0.3, 0.4) is 0 Å². The molecule has 0 saturated heterocycles. The predicted octanol–water partition coefficient (Wildman–Crippen LogP) is 3.21. The molecular formula is C16H15NO. The van der Waals surface area contributed by atoms with E-state index in [0.29, 0.717) is 0 Å². The van der Waals surface area contributed by atoms with Gasteiger partial charge in [-0.3, -0.25) is 4.79 Å². The summed E-state index contributed by atoms with van der Waals surface area (Å²) >= 11 is 0. The molecule has 0 fully saturated rings. The molecule has 1 atom stereocenters. The Morgan fingerprint density at radius 2 is 2.00 bits per heavy atom. The molecule has 18 heavy (non-hydrogen) atoms. The van der Waals surface area contributed by atoms with Gasteiger partial charge in [-0.15, -0.1) is 0 Å². The zero-order chi connectivity index (χ0) is 12.5. The van der Waals surface area contributed by atoms with Crippen molar-refractivity contribution in [2.75, 3.05) is 5.32 Å². The summed E-state index contributed by atoms with van der Waals surface area (Å²) in [5, 5.41) is 3.30. The number of anilines is 1. The molecule has 0 spiro atoms. The summed E-state index contributed by atoms with van der Waals surface area (Å²) in [6.45, 7) is 2.01. The van der Waals surface area contributed by atoms with Gasteiger partial charge in [-0.05, 0) is 24.6 Å². The van der Waals surface area contributed by atoms with Gasteiger partial charge in [-0.2, -0.15) is 0 Å². The SMILES string of the molecule is Cc1cccc(C(=O)C2Cc3ccccc3N2)c1. The number of Topliss-reactive ketones (excluding diaryl/α,β-unsaturated/α-hetero) is 1. The quantitative estimate of drug-likeness (QED) is 0.812. The van der Waals surface area contributed by atoms with Gasteiger partial charge in [0.2, 0.25) is 0 Å². The Labute approximate surface area is 107 Å². The highest BCUT2D eigenvalue weighted by atomic mass is 16.1. The number of hydrogen-bond donors (Lipinski definition) is 1. The molecule has 0 aromatic heterocycles. The first-order valence-corrected chi connectivity index (χ1v) is 6.19. The lowest BCUT2D eigenvalue weighted by atomic mass is 10.00. The summed E-state index contributed by atoms with van der Waals surface area (Å²) in [4.78, 5) is 12.4. The highest BCUT2D eigenvalue weighted by Crippen LogP contribution is 2.26. The molecule has 90 valence electrons. The first-order chi connectivity index (χ1) is 8.74. The summed E-state index contributed by atoms with van der Waals surface area (Å²) in [5.41, 5.74) is 4.23. The van der Waals surface area contributed by atoms with Crippen molar-refractivity contribution in [2.24, 2.45) is 0 Å². The molecule has 1 unspecified atom stereocenters. The summed E-state index contributed by atoms with van der Waals surface area (Å²) in [6, 6.07) is 15.8. The van der Waals surface area contributed by atoms with Crippen molar-refractivity contribution in [3.63, 3.8) is 0 Å². The molecular weight excluding hydrogens is 222 g/mol. The smallest absolute Gasteiger partial charge is 0.185 e. The van der Waals surface area contributed by atoms with E-state index in [0.717, 1.165) is 23.2 Å². The third-order valence-electron chi connectivity index (χ3n) is 3.39. The van der Waals surface area contributed by atoms with E-state index in [1.807, 2.05) is 49.4 Å². The Morgan fingerprint density at radius 1 is 1.17 bits per heavy atom. The number of para-hydroxylation sites is 1. The maximum Gasteiger partial charge on any atom is 0.185 e. The van der Waals surface area contributed by atoms with E-state index in [2.05, 4.69) is 11.4 Å². The van der Waals surface area contributed by atoms with Crippen molar-refractivity contribution >= 4 is 11.5 Å². The molecule has 0 bridgehead atoms. The fourth-order valence-corrected chi connectivity index (χ4v) is 2.46. The minimum Gasteiger partial charge on any atom is -0.374 e. The van der Waals surface area contributed by atoms with E-state index in [9.17, 15) is 4.79 Å². The highest BCUT2D eigenvalue weighted by molar-refractivity contribution is 6.03. The lowest BCUT2D eigenvalue weighted by Crippen LogP contribution is -2.27. The number of ketones is 1. The van der Waals surface area contributed by atoms with Gasteiger partial charge in [-0.25, -0.2) is 0 Å². The largest absolute Gasteiger partial charge is 0.374 e. The minimum atomic E-state index is -0.121. The second-order valence-electron chi connectivity index (χ2n) is 4.79. The van der Waals surface area contributed by atoms with Crippen LogP contribution in [0.5, 0.6) is 0 Å². The average molecular weight is 237 g/mol. The molecule has 1 N–H and O–H groups in total. The molecule has 2 aromatic rings. The average Bonchev–Trinajstić information content (AvgIpc) is 2.81. The van der Waals surface area contributed by atoms with Crippen molar-refractivity contribution in [3.05, 3.63) is 65.2 Å². The van der Waals surface area contributed by atoms with Gasteiger partial charge in [-0.1, -0.05) is 42.0 Å². The lowest BCUT2D eigenvalue weighted by molar-refractivity contribution is 0.0971. The minimum absolute atomic E-state index is 0.121. The Kier molecular flexibility index (Phi) is 2.63. The van der Waals surface area contributed by atoms with Crippen LogP contribution in [0.2, 0.25) is 0 Å². The zero-order valence-electron chi connectivity index (χ0n) is 10.3. The van der Waals surface area contributed by atoms with Crippen LogP contribution in [-0.2, 0) is 6.42 Å². The van der Waals surface area contributed by atoms with Crippen molar-refractivity contribution in [1.29, 1.82) is 0 Å². The molecule has 2 heteroatoms. The standard InChI is InChI=1S/C16H15NO/c1-11-5-4-7-13(9-11)16(18)15-10-12-6-2-3-8-14(12)17-15/h2-9,15,17H,10H2,1H3. The molecule has 2 aromatic carbocycles. The van der Waals surface area contributed by atoms with Gasteiger partial charge in [0.15, 0.2) is 5.78 Å². The van der Waals surface area contributed by atoms with Crippen LogP contribution in [0, 0.1) is 6.92 Å². The molecule has 0 radical (unpaired) electrons. The Balaban J connectivity index is 1.84. The van der Waals surface area contributed by atoms with Gasteiger partial charge in [0, 0.05) is 17.7 Å². The number of fused-ring (bicyclic) bond motifs is 1. The number of aryl methyl sites for hydroxylation is 1. The van der Waals surface area contributed by atoms with Gasteiger partial charge in [0.05, 0.1) is 6.04 Å². The summed E-state index contributed by atoms with van der Waals surface area (Å²) in [7, 11) is 0. The predicted molar refractivity (Wildman–Crippen MR) is 73.1 cm³/mol. The Hall–Kier alpha value is -2.09. The van der Waals surface area contributed by atoms with Crippen LogP contribution in [0.4, 0.5) is 5.69 Å². The Bertz CT molecular complexity index is 579. The summed E-state index contributed by atoms with van der Waals surface area (Å²) < 4.78 is 0. The molecule has 1 aliphatic rings. The van der Waals surface area contributed by atoms with Crippen LogP contribution in [-0.4, -0.2) is 11.8 Å². The van der Waals surface area contributed by atoms with Gasteiger partial charge >= 0.3 is 0 Å². The number of carbonyl (C=O) groups excluding carboxylic acids is 1. The number of nitrogens with one attached hydrogen (secondary N) is 1. The van der Waals surface area contributed by atoms with E-state index >= 15 is 0 Å². The third-order valence-corrected chi connectivity index (χ3v) is 3.39. The van der Waals surface area contributed by atoms with E-state index in [1.54, 1.807) is 0 Å². The van der Waals surface area contributed by atoms with Crippen LogP contribution in [0.25, 0.3) is 0 Å². The summed E-state index contributed by atoms with van der Waals surface area (Å²) in [6.07, 6.45) is 0.781. The Morgan fingerprint density at radius 3 is 2.78 bits per heavy atom. The fraction of sp³-hybridized carbons (Fsp3) is 0.188. The molecule has 0 saturated carbocycles. The topological polar surface area (TPSA) is 29.1 Å². The van der Waals surface area contributed by atoms with E-state index in [4.69, 9.17) is 0 Å². The number of benzene rings is 2. The number of rotatable bonds is 2. The van der Waals surface area contributed by atoms with E-state index in [1.165, 1.54) is 5.56 Å². The molecule has 0 amide bonds. The van der Waals surface area contributed by atoms with Crippen LogP contribution in [0.15, 0.2) is 48.5 Å². The number of hydrogen-bond acceptors (Lipinski definition) is 2. The first kappa shape index (κ1) is 11.0. The summed E-state index contributed by atoms with van der Waals surface area (Å²) in [5.74, 6) is 0.176. The molecule has 1 heterocycles. The monoisotopic (exact) mass is 237 g/mol. The third kappa shape index (κ3) is 1.90. The maximum atomic E-state index is 12.4. The molecule has 0 aliphatic carbocycles. The van der Waals surface area contributed by atoms with Crippen LogP contribution < -0.4 is 5.32 Å². The molecule has 3 rings (SSSR count). The highest BCUT2D eigenvalue weighted by Gasteiger charge is 2.26. The van der Waals surface area contributed by atoms with Gasteiger partial charge in [0.25, 0.3) is 0 Å². The molecule has 2 nitrogen and oxygen atoms in total. The van der Waals surface area contributed by atoms with Gasteiger partial charge < -0.3 is 5.32 Å². The van der Waals surface area contributed by atoms with Crippen molar-refractivity contribution < 1.29 is 4.79 Å². The van der Waals surface area contributed by atoms with Crippen molar-refractivity contribution in [3.8, 4) is 0 Å². The van der Waals surface area contributed by atoms with E-state index in [-0.39, 0.29) is 11.8 Å². The zero-order valence-corrected chi connectivity index (χ0v) is 10.3. The second kappa shape index (κ2) is 4.30. The number of carbonyl (C=O) groups is 1. The first-order valence-electron chi connectivity index (χ1n) is 6.19.